The van der Waals surface area contributed by atoms with Gasteiger partial charge in [-0.05, 0) is 66.1 Å². The van der Waals surface area contributed by atoms with Crippen LogP contribution in [0.4, 0.5) is 11.4 Å². The van der Waals surface area contributed by atoms with Crippen LogP contribution in [-0.2, 0) is 4.79 Å². The number of halogens is 1. The molecule has 0 fully saturated rings. The van der Waals surface area contributed by atoms with Crippen LogP contribution in [0.1, 0.15) is 16.7 Å². The van der Waals surface area contributed by atoms with E-state index in [1.54, 1.807) is 6.21 Å². The van der Waals surface area contributed by atoms with Gasteiger partial charge in [0.2, 0.25) is 0 Å². The number of amides is 1. The summed E-state index contributed by atoms with van der Waals surface area (Å²) in [5.74, 6) is 0.363. The number of nitrogens with one attached hydrogen (secondary N) is 1. The molecule has 1 N–H and O–H groups in total. The summed E-state index contributed by atoms with van der Waals surface area (Å²) in [6.07, 6.45) is 1.76. The predicted octanol–water partition coefficient (Wildman–Crippen LogP) is 6.88. The van der Waals surface area contributed by atoms with Crippen LogP contribution in [0.3, 0.4) is 0 Å². The molecule has 0 spiro atoms. The first-order valence-corrected chi connectivity index (χ1v) is 10.7. The number of aryl methyl sites for hydroxylation is 2. The van der Waals surface area contributed by atoms with Crippen LogP contribution in [0, 0.1) is 13.8 Å². The van der Waals surface area contributed by atoms with Gasteiger partial charge in [0.05, 0.1) is 5.69 Å². The molecule has 0 unspecified atom stereocenters. The Hall–Kier alpha value is -3.63. The number of benzene rings is 4. The lowest BCUT2D eigenvalue weighted by atomic mass is 10.0. The van der Waals surface area contributed by atoms with Gasteiger partial charge in [-0.1, -0.05) is 60.1 Å². The van der Waals surface area contributed by atoms with Crippen molar-refractivity contribution in [3.8, 4) is 5.75 Å². The zero-order valence-electron chi connectivity index (χ0n) is 17.9. The monoisotopic (exact) mass is 442 g/mol. The van der Waals surface area contributed by atoms with Crippen LogP contribution in [0.15, 0.2) is 83.9 Å². The minimum atomic E-state index is -0.225. The maximum Gasteiger partial charge on any atom is 0.262 e. The van der Waals surface area contributed by atoms with E-state index in [1.807, 2.05) is 92.7 Å². The lowest BCUT2D eigenvalue weighted by Gasteiger charge is -2.12. The van der Waals surface area contributed by atoms with Gasteiger partial charge in [-0.25, -0.2) is 0 Å². The van der Waals surface area contributed by atoms with Crippen LogP contribution in [0.25, 0.3) is 10.8 Å². The van der Waals surface area contributed by atoms with Crippen molar-refractivity contribution < 1.29 is 9.53 Å². The van der Waals surface area contributed by atoms with Crippen LogP contribution in [-0.4, -0.2) is 18.7 Å². The van der Waals surface area contributed by atoms with Gasteiger partial charge in [0.1, 0.15) is 5.75 Å². The molecule has 0 saturated heterocycles. The van der Waals surface area contributed by atoms with E-state index in [0.29, 0.717) is 10.8 Å². The SMILES string of the molecule is Cc1cccc(NC(=O)COc2ccc3ccccc3c2C=Nc2ccc(C)c(Cl)c2)c1. The van der Waals surface area contributed by atoms with Crippen LogP contribution in [0.5, 0.6) is 5.75 Å². The molecule has 4 aromatic rings. The number of hydrogen-bond donors (Lipinski definition) is 1. The Kier molecular flexibility index (Phi) is 6.52. The molecule has 4 aromatic carbocycles. The van der Waals surface area contributed by atoms with Crippen molar-refractivity contribution in [1.29, 1.82) is 0 Å². The molecule has 0 bridgehead atoms. The Balaban J connectivity index is 1.59. The molecule has 160 valence electrons. The quantitative estimate of drug-likeness (QED) is 0.331. The molecule has 5 heteroatoms. The molecule has 0 aliphatic carbocycles. The molecule has 0 heterocycles. The Bertz CT molecular complexity index is 1310. The van der Waals surface area contributed by atoms with Crippen LogP contribution in [0.2, 0.25) is 5.02 Å². The molecule has 1 amide bonds. The van der Waals surface area contributed by atoms with Gasteiger partial charge in [-0.3, -0.25) is 9.79 Å². The third-order valence-corrected chi connectivity index (χ3v) is 5.50. The van der Waals surface area contributed by atoms with E-state index in [9.17, 15) is 4.79 Å². The number of rotatable bonds is 6. The third kappa shape index (κ3) is 5.16. The van der Waals surface area contributed by atoms with Gasteiger partial charge < -0.3 is 10.1 Å². The minimum absolute atomic E-state index is 0.108. The topological polar surface area (TPSA) is 50.7 Å². The first kappa shape index (κ1) is 21.6. The second kappa shape index (κ2) is 9.67. The average Bonchev–Trinajstić information content (AvgIpc) is 2.78. The van der Waals surface area contributed by atoms with E-state index >= 15 is 0 Å². The summed E-state index contributed by atoms with van der Waals surface area (Å²) >= 11 is 6.24. The largest absolute Gasteiger partial charge is 0.483 e. The zero-order chi connectivity index (χ0) is 22.5. The van der Waals surface area contributed by atoms with Crippen LogP contribution >= 0.6 is 11.6 Å². The van der Waals surface area contributed by atoms with Crippen molar-refractivity contribution in [2.75, 3.05) is 11.9 Å². The molecule has 4 nitrogen and oxygen atoms in total. The Labute approximate surface area is 192 Å². The van der Waals surface area contributed by atoms with E-state index in [4.69, 9.17) is 16.3 Å². The standard InChI is InChI=1S/C27H23ClN2O2/c1-18-6-5-8-22(14-18)30-27(31)17-32-26-13-11-20-7-3-4-9-23(20)24(26)16-29-21-12-10-19(2)25(28)15-21/h3-16H,17H2,1-2H3,(H,30,31). The smallest absolute Gasteiger partial charge is 0.262 e. The van der Waals surface area contributed by atoms with Gasteiger partial charge >= 0.3 is 0 Å². The maximum atomic E-state index is 12.4. The number of carbonyl (C=O) groups excluding carboxylic acids is 1. The Morgan fingerprint density at radius 3 is 2.66 bits per heavy atom. The Morgan fingerprint density at radius 2 is 1.84 bits per heavy atom. The molecule has 0 atom stereocenters. The summed E-state index contributed by atoms with van der Waals surface area (Å²) in [6.45, 7) is 3.83. The summed E-state index contributed by atoms with van der Waals surface area (Å²) in [4.78, 5) is 17.0. The molecular weight excluding hydrogens is 420 g/mol. The number of carbonyl (C=O) groups is 1. The second-order valence-electron chi connectivity index (χ2n) is 7.60. The molecular formula is C27H23ClN2O2. The number of aliphatic imine (C=N–C) groups is 1. The fourth-order valence-corrected chi connectivity index (χ4v) is 3.57. The summed E-state index contributed by atoms with van der Waals surface area (Å²) in [5, 5.41) is 5.59. The van der Waals surface area contributed by atoms with Gasteiger partial charge in [-0.15, -0.1) is 0 Å². The van der Waals surface area contributed by atoms with Gasteiger partial charge in [0, 0.05) is 22.5 Å². The molecule has 0 aliphatic heterocycles. The van der Waals surface area contributed by atoms with E-state index in [-0.39, 0.29) is 12.5 Å². The molecule has 0 aliphatic rings. The first-order valence-electron chi connectivity index (χ1n) is 10.3. The molecule has 0 aromatic heterocycles. The van der Waals surface area contributed by atoms with Gasteiger partial charge in [0.25, 0.3) is 5.91 Å². The second-order valence-corrected chi connectivity index (χ2v) is 8.00. The minimum Gasteiger partial charge on any atom is -0.483 e. The van der Waals surface area contributed by atoms with Crippen LogP contribution < -0.4 is 10.1 Å². The van der Waals surface area contributed by atoms with E-state index < -0.39 is 0 Å². The van der Waals surface area contributed by atoms with E-state index in [1.165, 1.54) is 0 Å². The summed E-state index contributed by atoms with van der Waals surface area (Å²) in [7, 11) is 0. The van der Waals surface area contributed by atoms with Gasteiger partial charge in [-0.2, -0.15) is 0 Å². The fourth-order valence-electron chi connectivity index (χ4n) is 3.40. The first-order chi connectivity index (χ1) is 15.5. The third-order valence-electron chi connectivity index (χ3n) is 5.09. The molecule has 0 saturated carbocycles. The van der Waals surface area contributed by atoms with Gasteiger partial charge in [0.15, 0.2) is 6.61 Å². The normalized spacial score (nSPS) is 11.1. The van der Waals surface area contributed by atoms with Crippen molar-refractivity contribution in [2.24, 2.45) is 4.99 Å². The van der Waals surface area contributed by atoms with E-state index in [2.05, 4.69) is 10.3 Å². The van der Waals surface area contributed by atoms with Crippen molar-refractivity contribution in [1.82, 2.24) is 0 Å². The summed E-state index contributed by atoms with van der Waals surface area (Å²) < 4.78 is 5.91. The lowest BCUT2D eigenvalue weighted by molar-refractivity contribution is -0.118. The molecule has 4 rings (SSSR count). The summed E-state index contributed by atoms with van der Waals surface area (Å²) in [5.41, 5.74) is 4.38. The highest BCUT2D eigenvalue weighted by atomic mass is 35.5. The summed E-state index contributed by atoms with van der Waals surface area (Å²) in [6, 6.07) is 25.2. The average molecular weight is 443 g/mol. The molecule has 0 radical (unpaired) electrons. The highest BCUT2D eigenvalue weighted by Crippen LogP contribution is 2.28. The highest BCUT2D eigenvalue weighted by molar-refractivity contribution is 6.31. The highest BCUT2D eigenvalue weighted by Gasteiger charge is 2.10. The fraction of sp³-hybridized carbons (Fsp3) is 0.111. The van der Waals surface area contributed by atoms with E-state index in [0.717, 1.165) is 38.8 Å². The number of hydrogen-bond acceptors (Lipinski definition) is 3. The van der Waals surface area contributed by atoms with Crippen molar-refractivity contribution in [3.63, 3.8) is 0 Å². The molecule has 32 heavy (non-hydrogen) atoms. The number of fused-ring (bicyclic) bond motifs is 1. The van der Waals surface area contributed by atoms with Crippen molar-refractivity contribution in [3.05, 3.63) is 101 Å². The van der Waals surface area contributed by atoms with Crippen molar-refractivity contribution in [2.45, 2.75) is 13.8 Å². The zero-order valence-corrected chi connectivity index (χ0v) is 18.7. The number of nitrogens with zero attached hydrogens (tertiary/aromatic N) is 1. The predicted molar refractivity (Wildman–Crippen MR) is 133 cm³/mol. The van der Waals surface area contributed by atoms with Crippen molar-refractivity contribution >= 4 is 45.9 Å². The number of anilines is 1. The lowest BCUT2D eigenvalue weighted by Crippen LogP contribution is -2.20. The maximum absolute atomic E-state index is 12.4. The Morgan fingerprint density at radius 1 is 1.00 bits per heavy atom. The number of ether oxygens (including phenoxy) is 1.